The van der Waals surface area contributed by atoms with Crippen molar-refractivity contribution in [1.29, 1.82) is 5.26 Å². The Hall–Kier alpha value is -6.71. The molecule has 1 aromatic heterocycles. The van der Waals surface area contributed by atoms with E-state index in [1.165, 1.54) is 39.3 Å². The van der Waals surface area contributed by atoms with Gasteiger partial charge in [0.05, 0.1) is 40.9 Å². The van der Waals surface area contributed by atoms with Crippen LogP contribution in [0.15, 0.2) is 102 Å². The van der Waals surface area contributed by atoms with Crippen LogP contribution in [0.4, 0.5) is 15.8 Å². The number of nitrogens with zero attached hydrogens (tertiary/aromatic N) is 5. The molecule has 2 aliphatic heterocycles. The summed E-state index contributed by atoms with van der Waals surface area (Å²) in [5.74, 6) is -1.07. The Morgan fingerprint density at radius 2 is 1.71 bits per heavy atom. The maximum absolute atomic E-state index is 15.9. The lowest BCUT2D eigenvalue weighted by molar-refractivity contribution is -0.144. The van der Waals surface area contributed by atoms with Crippen LogP contribution in [0.2, 0.25) is 5.02 Å². The molecule has 3 atom stereocenters. The molecule has 0 bridgehead atoms. The third-order valence-corrected chi connectivity index (χ3v) is 12.7. The number of aliphatic hydroxyl groups excluding tert-OH is 1. The van der Waals surface area contributed by atoms with Gasteiger partial charge in [-0.1, -0.05) is 74.8 Å². The van der Waals surface area contributed by atoms with Crippen LogP contribution in [0.5, 0.6) is 5.75 Å². The Kier molecular flexibility index (Phi) is 15.5. The molecule has 0 unspecified atom stereocenters. The molecule has 360 valence electrons. The van der Waals surface area contributed by atoms with Crippen LogP contribution in [-0.4, -0.2) is 93.8 Å². The fourth-order valence-corrected chi connectivity index (χ4v) is 8.94. The predicted molar refractivity (Wildman–Crippen MR) is 261 cm³/mol. The molecule has 7 rings (SSSR count). The molecular formula is C51H53ClFN7O8S. The van der Waals surface area contributed by atoms with Gasteiger partial charge in [-0.3, -0.25) is 24.1 Å². The number of halogens is 2. The van der Waals surface area contributed by atoms with Crippen molar-refractivity contribution in [3.05, 3.63) is 119 Å². The highest BCUT2D eigenvalue weighted by molar-refractivity contribution is 7.81. The largest absolute Gasteiger partial charge is 0.494 e. The molecular weight excluding hydrogens is 925 g/mol. The fraction of sp³-hybridized carbons (Fsp3) is 0.353. The van der Waals surface area contributed by atoms with Gasteiger partial charge in [-0.2, -0.15) is 5.26 Å². The van der Waals surface area contributed by atoms with E-state index in [2.05, 4.69) is 15.6 Å². The molecule has 2 saturated heterocycles. The number of unbranched alkanes of at least 4 members (excludes halogenated alkanes) is 1. The van der Waals surface area contributed by atoms with Crippen LogP contribution in [-0.2, 0) is 30.5 Å². The van der Waals surface area contributed by atoms with Crippen LogP contribution >= 0.6 is 23.8 Å². The molecule has 69 heavy (non-hydrogen) atoms. The number of thiocarbonyl (C=S) groups is 1. The van der Waals surface area contributed by atoms with Crippen molar-refractivity contribution < 1.29 is 42.6 Å². The first-order chi connectivity index (χ1) is 32.9. The van der Waals surface area contributed by atoms with E-state index in [0.29, 0.717) is 42.2 Å². The van der Waals surface area contributed by atoms with Crippen molar-refractivity contribution in [3.8, 4) is 34.3 Å². The maximum Gasteiger partial charge on any atom is 0.259 e. The number of carbonyl (C=O) groups excluding carboxylic acids is 4. The Balaban J connectivity index is 0.842. The molecule has 4 amide bonds. The fourth-order valence-electron chi connectivity index (χ4n) is 8.21. The summed E-state index contributed by atoms with van der Waals surface area (Å²) >= 11 is 12.0. The highest BCUT2D eigenvalue weighted by Crippen LogP contribution is 2.40. The van der Waals surface area contributed by atoms with Gasteiger partial charge in [-0.05, 0) is 103 Å². The Morgan fingerprint density at radius 3 is 2.36 bits per heavy atom. The summed E-state index contributed by atoms with van der Waals surface area (Å²) in [6.07, 6.45) is 3.35. The summed E-state index contributed by atoms with van der Waals surface area (Å²) in [6, 6.07) is 24.0. The Bertz CT molecular complexity index is 2740. The van der Waals surface area contributed by atoms with Crippen LogP contribution < -0.4 is 25.2 Å². The molecule has 18 heteroatoms. The van der Waals surface area contributed by atoms with Crippen molar-refractivity contribution in [2.45, 2.75) is 84.2 Å². The van der Waals surface area contributed by atoms with E-state index in [1.54, 1.807) is 50.4 Å². The summed E-state index contributed by atoms with van der Waals surface area (Å²) in [5, 5.41) is 25.7. The topological polar surface area (TPSA) is 191 Å². The van der Waals surface area contributed by atoms with Crippen LogP contribution in [0.1, 0.15) is 65.0 Å². The molecule has 0 radical (unpaired) electrons. The lowest BCUT2D eigenvalue weighted by Crippen LogP contribution is -2.58. The number of hydrogen-bond donors (Lipinski definition) is 3. The number of aromatic nitrogens is 1. The van der Waals surface area contributed by atoms with Gasteiger partial charge in [0, 0.05) is 31.7 Å². The van der Waals surface area contributed by atoms with Gasteiger partial charge in [0.15, 0.2) is 17.3 Å². The van der Waals surface area contributed by atoms with Gasteiger partial charge < -0.3 is 39.4 Å². The molecule has 5 aromatic rings. The zero-order valence-electron chi connectivity index (χ0n) is 38.8. The van der Waals surface area contributed by atoms with Gasteiger partial charge in [0.2, 0.25) is 17.7 Å². The number of amides is 4. The van der Waals surface area contributed by atoms with Crippen molar-refractivity contribution in [2.24, 2.45) is 5.41 Å². The summed E-state index contributed by atoms with van der Waals surface area (Å²) in [4.78, 5) is 62.0. The number of aliphatic hydroxyl groups is 1. The number of carbonyl (C=O) groups is 4. The molecule has 15 nitrogen and oxygen atoms in total. The minimum atomic E-state index is -1.22. The quantitative estimate of drug-likeness (QED) is 0.0613. The molecule has 0 spiro atoms. The number of hydrogen-bond acceptors (Lipinski definition) is 11. The smallest absolute Gasteiger partial charge is 0.259 e. The number of benzene rings is 4. The van der Waals surface area contributed by atoms with Crippen LogP contribution in [0.3, 0.4) is 0 Å². The second kappa shape index (κ2) is 21.3. The van der Waals surface area contributed by atoms with Gasteiger partial charge in [-0.25, -0.2) is 9.37 Å². The summed E-state index contributed by atoms with van der Waals surface area (Å²) in [7, 11) is 0. The molecule has 2 aliphatic rings. The Morgan fingerprint density at radius 1 is 1.01 bits per heavy atom. The highest BCUT2D eigenvalue weighted by atomic mass is 35.5. The van der Waals surface area contributed by atoms with E-state index in [9.17, 15) is 29.5 Å². The third-order valence-electron chi connectivity index (χ3n) is 12.0. The average molecular weight is 979 g/mol. The molecule has 3 heterocycles. The number of likely N-dealkylation sites (tertiary alicyclic amines) is 1. The van der Waals surface area contributed by atoms with Crippen molar-refractivity contribution >= 4 is 63.9 Å². The van der Waals surface area contributed by atoms with Gasteiger partial charge in [-0.15, -0.1) is 0 Å². The molecule has 0 saturated carbocycles. The first-order valence-electron chi connectivity index (χ1n) is 22.4. The minimum Gasteiger partial charge on any atom is -0.494 e. The summed E-state index contributed by atoms with van der Waals surface area (Å²) in [6.45, 7) is 9.30. The number of anilines is 2. The van der Waals surface area contributed by atoms with Crippen LogP contribution in [0, 0.1) is 22.6 Å². The third kappa shape index (κ3) is 11.4. The average Bonchev–Trinajstić information content (AvgIpc) is 4.04. The van der Waals surface area contributed by atoms with Crippen molar-refractivity contribution in [2.75, 3.05) is 36.2 Å². The molecule has 3 N–H and O–H groups in total. The summed E-state index contributed by atoms with van der Waals surface area (Å²) in [5.41, 5.74) is 1.84. The van der Waals surface area contributed by atoms with E-state index >= 15 is 4.39 Å². The normalized spacial score (nSPS) is 17.2. The lowest BCUT2D eigenvalue weighted by atomic mass is 9.85. The number of rotatable bonds is 17. The number of oxazole rings is 1. The van der Waals surface area contributed by atoms with E-state index in [4.69, 9.17) is 37.7 Å². The molecule has 2 fully saturated rings. The SMILES string of the molecule is CC(C)(C)[C@H](NC(=O)COCCCCOc1ccc(-c2ccc(N3C(=S)N(c4ccc(C#N)c(Cl)c4)C(=O)C3(C)C)c(F)c2)cc1)C(=O)N1C[C@H](O)C[C@H]1C(=O)NCc1ccc(-c2cnco2)cc1. The highest BCUT2D eigenvalue weighted by Gasteiger charge is 2.51. The van der Waals surface area contributed by atoms with E-state index in [-0.39, 0.29) is 60.0 Å². The van der Waals surface area contributed by atoms with Gasteiger partial charge >= 0.3 is 0 Å². The first kappa shape index (κ1) is 50.2. The van der Waals surface area contributed by atoms with Crippen LogP contribution in [0.25, 0.3) is 22.5 Å². The lowest BCUT2D eigenvalue weighted by Gasteiger charge is -2.35. The summed E-state index contributed by atoms with van der Waals surface area (Å²) < 4.78 is 32.8. The van der Waals surface area contributed by atoms with E-state index < -0.39 is 52.7 Å². The second-order valence-electron chi connectivity index (χ2n) is 18.4. The maximum atomic E-state index is 15.9. The van der Waals surface area contributed by atoms with E-state index in [0.717, 1.165) is 16.7 Å². The minimum absolute atomic E-state index is 0.0409. The van der Waals surface area contributed by atoms with Crippen molar-refractivity contribution in [1.82, 2.24) is 20.5 Å². The number of ether oxygens (including phenoxy) is 2. The first-order valence-corrected chi connectivity index (χ1v) is 23.2. The Labute approximate surface area is 410 Å². The van der Waals surface area contributed by atoms with Crippen molar-refractivity contribution in [3.63, 3.8) is 0 Å². The molecule has 4 aromatic carbocycles. The monoisotopic (exact) mass is 977 g/mol. The predicted octanol–water partition coefficient (Wildman–Crippen LogP) is 7.57. The molecule has 0 aliphatic carbocycles. The van der Waals surface area contributed by atoms with Gasteiger partial charge in [0.25, 0.3) is 5.91 Å². The van der Waals surface area contributed by atoms with E-state index in [1.807, 2.05) is 63.2 Å². The zero-order valence-corrected chi connectivity index (χ0v) is 40.4. The number of nitrogens with one attached hydrogen (secondary N) is 2. The number of β-amino-alcohol motifs (C(OH)–C–C–N with tert-alkyl or cyclic N) is 1. The zero-order chi connectivity index (χ0) is 49.6. The number of nitriles is 1. The second-order valence-corrected chi connectivity index (χ2v) is 19.2. The standard InChI is InChI=1S/C51H53ClFN7O8S/c1-50(2,3)45(47(64)58-28-37(61)24-42(58)46(63)56-26-31-8-10-33(11-9-31)43-27-55-30-68-43)57-44(62)29-66-20-6-7-21-67-38-17-13-32(14-18-38)34-15-19-41(40(53)22-34)60-49(69)59(48(65)51(60,4)5)36-16-12-35(25-54)39(52)23-36/h8-19,22-23,27,30,37,42,45,61H,6-7,20-21,24,26,28-29H2,1-5H3,(H,56,63)(H,57,62)/t37-,42+,45-/m1/s1. The van der Waals surface area contributed by atoms with Gasteiger partial charge in [0.1, 0.15) is 41.9 Å².